The number of carbonyl (C=O) groups excluding carboxylic acids is 1. The monoisotopic (exact) mass is 284 g/mol. The van der Waals surface area contributed by atoms with E-state index in [1.165, 1.54) is 0 Å². The summed E-state index contributed by atoms with van der Waals surface area (Å²) in [5.41, 5.74) is 6.79. The summed E-state index contributed by atoms with van der Waals surface area (Å²) in [5, 5.41) is 3.36. The number of primary amides is 1. The Morgan fingerprint density at radius 2 is 1.86 bits per heavy atom. The minimum atomic E-state index is -0.439. The molecular formula is C17H20N2O2. The van der Waals surface area contributed by atoms with E-state index in [1.807, 2.05) is 24.3 Å². The summed E-state index contributed by atoms with van der Waals surface area (Å²) in [5.74, 6) is 1.06. The van der Waals surface area contributed by atoms with Crippen LogP contribution < -0.4 is 15.8 Å². The van der Waals surface area contributed by atoms with Gasteiger partial charge < -0.3 is 15.8 Å². The molecule has 2 aromatic rings. The van der Waals surface area contributed by atoms with Gasteiger partial charge in [-0.3, -0.25) is 4.79 Å². The predicted molar refractivity (Wildman–Crippen MR) is 83.5 cm³/mol. The molecule has 2 rings (SSSR count). The van der Waals surface area contributed by atoms with Crippen molar-refractivity contribution in [3.8, 4) is 11.5 Å². The number of benzene rings is 2. The van der Waals surface area contributed by atoms with Crippen LogP contribution in [0.4, 0.5) is 0 Å². The van der Waals surface area contributed by atoms with Crippen molar-refractivity contribution in [1.82, 2.24) is 5.32 Å². The van der Waals surface area contributed by atoms with Crippen molar-refractivity contribution in [3.05, 3.63) is 59.7 Å². The van der Waals surface area contributed by atoms with Gasteiger partial charge >= 0.3 is 0 Å². The Kier molecular flexibility index (Phi) is 5.35. The molecule has 0 aromatic heterocycles. The molecule has 0 fully saturated rings. The topological polar surface area (TPSA) is 64.3 Å². The Morgan fingerprint density at radius 3 is 2.52 bits per heavy atom. The quantitative estimate of drug-likeness (QED) is 0.768. The van der Waals surface area contributed by atoms with Crippen molar-refractivity contribution >= 4 is 5.91 Å². The Balaban J connectivity index is 2.09. The largest absolute Gasteiger partial charge is 0.457 e. The van der Waals surface area contributed by atoms with E-state index in [2.05, 4.69) is 12.2 Å². The molecule has 0 heterocycles. The third-order valence-electron chi connectivity index (χ3n) is 3.08. The van der Waals surface area contributed by atoms with E-state index in [1.54, 1.807) is 24.3 Å². The van der Waals surface area contributed by atoms with Gasteiger partial charge in [-0.15, -0.1) is 0 Å². The van der Waals surface area contributed by atoms with E-state index in [9.17, 15) is 4.79 Å². The van der Waals surface area contributed by atoms with E-state index in [0.29, 0.717) is 11.3 Å². The summed E-state index contributed by atoms with van der Waals surface area (Å²) in [6.07, 6.45) is 1.09. The van der Waals surface area contributed by atoms with Crippen molar-refractivity contribution in [2.24, 2.45) is 5.73 Å². The van der Waals surface area contributed by atoms with Crippen LogP contribution in [0.3, 0.4) is 0 Å². The average Bonchev–Trinajstić information content (AvgIpc) is 2.50. The number of para-hydroxylation sites is 1. The Morgan fingerprint density at radius 1 is 1.14 bits per heavy atom. The highest BCUT2D eigenvalue weighted by atomic mass is 16.5. The van der Waals surface area contributed by atoms with Crippen LogP contribution in [-0.4, -0.2) is 12.5 Å². The molecule has 0 bridgehead atoms. The van der Waals surface area contributed by atoms with Gasteiger partial charge in [0.05, 0.1) is 0 Å². The first-order valence-electron chi connectivity index (χ1n) is 7.07. The number of rotatable bonds is 7. The van der Waals surface area contributed by atoms with Crippen LogP contribution in [0.2, 0.25) is 0 Å². The lowest BCUT2D eigenvalue weighted by molar-refractivity contribution is 0.100. The summed E-state index contributed by atoms with van der Waals surface area (Å²) >= 11 is 0. The van der Waals surface area contributed by atoms with Crippen molar-refractivity contribution in [2.75, 3.05) is 6.54 Å². The van der Waals surface area contributed by atoms with Crippen LogP contribution in [0.15, 0.2) is 48.5 Å². The van der Waals surface area contributed by atoms with Gasteiger partial charge in [-0.2, -0.15) is 0 Å². The maximum Gasteiger partial charge on any atom is 0.248 e. The number of amides is 1. The number of nitrogens with one attached hydrogen (secondary N) is 1. The van der Waals surface area contributed by atoms with Crippen molar-refractivity contribution in [2.45, 2.75) is 19.9 Å². The minimum Gasteiger partial charge on any atom is -0.457 e. The van der Waals surface area contributed by atoms with Crippen molar-refractivity contribution in [1.29, 1.82) is 0 Å². The normalized spacial score (nSPS) is 10.3. The molecule has 0 aliphatic rings. The fourth-order valence-electron chi connectivity index (χ4n) is 1.96. The molecule has 21 heavy (non-hydrogen) atoms. The molecule has 0 radical (unpaired) electrons. The van der Waals surface area contributed by atoms with Gasteiger partial charge in [-0.05, 0) is 43.3 Å². The lowest BCUT2D eigenvalue weighted by Crippen LogP contribution is -2.14. The fourth-order valence-corrected chi connectivity index (χ4v) is 1.96. The molecule has 0 atom stereocenters. The van der Waals surface area contributed by atoms with E-state index in [0.717, 1.165) is 30.8 Å². The lowest BCUT2D eigenvalue weighted by atomic mass is 10.2. The van der Waals surface area contributed by atoms with Crippen LogP contribution in [0.25, 0.3) is 0 Å². The van der Waals surface area contributed by atoms with E-state index in [-0.39, 0.29) is 0 Å². The van der Waals surface area contributed by atoms with E-state index < -0.39 is 5.91 Å². The summed E-state index contributed by atoms with van der Waals surface area (Å²) < 4.78 is 5.88. The zero-order valence-corrected chi connectivity index (χ0v) is 12.1. The first-order valence-corrected chi connectivity index (χ1v) is 7.07. The van der Waals surface area contributed by atoms with Gasteiger partial charge in [0.1, 0.15) is 11.5 Å². The van der Waals surface area contributed by atoms with Crippen LogP contribution in [0.5, 0.6) is 11.5 Å². The number of hydrogen-bond acceptors (Lipinski definition) is 3. The zero-order chi connectivity index (χ0) is 15.1. The van der Waals surface area contributed by atoms with Gasteiger partial charge in [0, 0.05) is 17.7 Å². The second-order valence-corrected chi connectivity index (χ2v) is 4.78. The molecule has 0 aliphatic heterocycles. The van der Waals surface area contributed by atoms with Crippen molar-refractivity contribution in [3.63, 3.8) is 0 Å². The molecule has 0 spiro atoms. The summed E-state index contributed by atoms with van der Waals surface area (Å²) in [4.78, 5) is 11.0. The molecule has 110 valence electrons. The first-order chi connectivity index (χ1) is 10.2. The summed E-state index contributed by atoms with van der Waals surface area (Å²) in [7, 11) is 0. The van der Waals surface area contributed by atoms with Gasteiger partial charge in [0.2, 0.25) is 5.91 Å². The van der Waals surface area contributed by atoms with Gasteiger partial charge in [0.25, 0.3) is 0 Å². The molecule has 0 saturated heterocycles. The smallest absolute Gasteiger partial charge is 0.248 e. The number of hydrogen-bond donors (Lipinski definition) is 2. The summed E-state index contributed by atoms with van der Waals surface area (Å²) in [6.45, 7) is 3.88. The molecule has 4 nitrogen and oxygen atoms in total. The fraction of sp³-hybridized carbons (Fsp3) is 0.235. The Labute approximate surface area is 124 Å². The molecule has 0 unspecified atom stereocenters. The average molecular weight is 284 g/mol. The highest BCUT2D eigenvalue weighted by Crippen LogP contribution is 2.25. The Bertz CT molecular complexity index is 594. The molecule has 0 saturated carbocycles. The van der Waals surface area contributed by atoms with Gasteiger partial charge in [0.15, 0.2) is 0 Å². The highest BCUT2D eigenvalue weighted by Gasteiger charge is 2.05. The SMILES string of the molecule is CCCNCc1ccccc1Oc1ccc(C(N)=O)cc1. The Hall–Kier alpha value is -2.33. The first kappa shape index (κ1) is 15.1. The van der Waals surface area contributed by atoms with Gasteiger partial charge in [-0.25, -0.2) is 0 Å². The van der Waals surface area contributed by atoms with E-state index in [4.69, 9.17) is 10.5 Å². The molecule has 4 heteroatoms. The second kappa shape index (κ2) is 7.45. The lowest BCUT2D eigenvalue weighted by Gasteiger charge is -2.12. The maximum absolute atomic E-state index is 11.0. The van der Waals surface area contributed by atoms with Gasteiger partial charge in [-0.1, -0.05) is 25.1 Å². The van der Waals surface area contributed by atoms with Crippen LogP contribution in [-0.2, 0) is 6.54 Å². The third kappa shape index (κ3) is 4.33. The van der Waals surface area contributed by atoms with Crippen LogP contribution in [0.1, 0.15) is 29.3 Å². The van der Waals surface area contributed by atoms with Crippen LogP contribution >= 0.6 is 0 Å². The van der Waals surface area contributed by atoms with E-state index >= 15 is 0 Å². The molecular weight excluding hydrogens is 264 g/mol. The second-order valence-electron chi connectivity index (χ2n) is 4.78. The maximum atomic E-state index is 11.0. The number of nitrogens with two attached hydrogens (primary N) is 1. The molecule has 1 amide bonds. The minimum absolute atomic E-state index is 0.439. The zero-order valence-electron chi connectivity index (χ0n) is 12.1. The summed E-state index contributed by atoms with van der Waals surface area (Å²) in [6, 6.07) is 14.7. The standard InChI is InChI=1S/C17H20N2O2/c1-2-11-19-12-14-5-3-4-6-16(14)21-15-9-7-13(8-10-15)17(18)20/h3-10,19H,2,11-12H2,1H3,(H2,18,20). The molecule has 0 aliphatic carbocycles. The van der Waals surface area contributed by atoms with Crippen molar-refractivity contribution < 1.29 is 9.53 Å². The number of ether oxygens (including phenoxy) is 1. The van der Waals surface area contributed by atoms with Crippen LogP contribution in [0, 0.1) is 0 Å². The highest BCUT2D eigenvalue weighted by molar-refractivity contribution is 5.92. The number of carbonyl (C=O) groups is 1. The predicted octanol–water partition coefficient (Wildman–Crippen LogP) is 3.08. The molecule has 2 aromatic carbocycles. The third-order valence-corrected chi connectivity index (χ3v) is 3.08. The molecule has 3 N–H and O–H groups in total.